The molecule has 1 aliphatic rings. The number of phenolic OH excluding ortho intramolecular Hbond substituents is 1. The number of benzene rings is 1. The van der Waals surface area contributed by atoms with Crippen molar-refractivity contribution in [1.29, 1.82) is 0 Å². The zero-order valence-electron chi connectivity index (χ0n) is 13.9. The first-order valence-corrected chi connectivity index (χ1v) is 8.00. The summed E-state index contributed by atoms with van der Waals surface area (Å²) in [5.41, 5.74) is 9.39. The van der Waals surface area contributed by atoms with Crippen molar-refractivity contribution in [2.75, 3.05) is 18.9 Å². The maximum atomic E-state index is 10.4. The molecule has 1 heterocycles. The van der Waals surface area contributed by atoms with Crippen LogP contribution in [0.1, 0.15) is 13.3 Å². The van der Waals surface area contributed by atoms with Gasteiger partial charge in [0, 0.05) is 24.1 Å². The molecular formula is C18H20N4O3. The number of aromatic nitrogens is 2. The molecule has 1 aromatic heterocycles. The fourth-order valence-corrected chi connectivity index (χ4v) is 2.84. The first-order valence-electron chi connectivity index (χ1n) is 8.00. The first kappa shape index (κ1) is 16.8. The van der Waals surface area contributed by atoms with Crippen LogP contribution in [0.3, 0.4) is 0 Å². The highest BCUT2D eigenvalue weighted by Crippen LogP contribution is 2.35. The molecule has 130 valence electrons. The molecule has 1 aliphatic carbocycles. The number of nitrogen functional groups attached to an aromatic ring is 1. The summed E-state index contributed by atoms with van der Waals surface area (Å²) in [6, 6.07) is 8.58. The van der Waals surface area contributed by atoms with Gasteiger partial charge in [0.2, 0.25) is 6.41 Å². The third kappa shape index (κ3) is 3.55. The highest BCUT2D eigenvalue weighted by atomic mass is 16.5. The molecule has 1 aromatic carbocycles. The lowest BCUT2D eigenvalue weighted by atomic mass is 9.79. The summed E-state index contributed by atoms with van der Waals surface area (Å²) in [6.07, 6.45) is 1.59. The van der Waals surface area contributed by atoms with Crippen LogP contribution in [0.5, 0.6) is 11.5 Å². The molecule has 0 fully saturated rings. The van der Waals surface area contributed by atoms with Gasteiger partial charge >= 0.3 is 0 Å². The Morgan fingerprint density at radius 1 is 1.40 bits per heavy atom. The van der Waals surface area contributed by atoms with Gasteiger partial charge in [0.25, 0.3) is 0 Å². The van der Waals surface area contributed by atoms with Gasteiger partial charge in [-0.15, -0.1) is 10.2 Å². The first-order chi connectivity index (χ1) is 12.1. The van der Waals surface area contributed by atoms with Gasteiger partial charge in [0.1, 0.15) is 11.4 Å². The molecule has 0 spiro atoms. The summed E-state index contributed by atoms with van der Waals surface area (Å²) in [7, 11) is 0. The van der Waals surface area contributed by atoms with Crippen LogP contribution in [-0.2, 0) is 4.79 Å². The molecule has 0 radical (unpaired) electrons. The third-order valence-electron chi connectivity index (χ3n) is 4.47. The number of carbonyl (C=O) groups excluding carboxylic acids is 1. The molecule has 0 aliphatic heterocycles. The number of amides is 1. The minimum Gasteiger partial charge on any atom is -0.507 e. The van der Waals surface area contributed by atoms with E-state index in [1.807, 2.05) is 13.0 Å². The number of carbonyl (C=O) groups is 1. The van der Waals surface area contributed by atoms with Crippen LogP contribution in [0.2, 0.25) is 0 Å². The quantitative estimate of drug-likeness (QED) is 0.524. The number of nitrogens with one attached hydrogen (secondary N) is 1. The molecule has 3 rings (SSSR count). The number of rotatable bonds is 7. The van der Waals surface area contributed by atoms with Gasteiger partial charge in [-0.2, -0.15) is 0 Å². The molecule has 1 atom stereocenters. The summed E-state index contributed by atoms with van der Waals surface area (Å²) >= 11 is 0. The van der Waals surface area contributed by atoms with E-state index in [1.165, 1.54) is 11.1 Å². The van der Waals surface area contributed by atoms with Crippen LogP contribution >= 0.6 is 0 Å². The Balaban J connectivity index is 1.70. The van der Waals surface area contributed by atoms with Crippen molar-refractivity contribution in [2.45, 2.75) is 13.3 Å². The summed E-state index contributed by atoms with van der Waals surface area (Å²) in [5.74, 6) is 1.07. The van der Waals surface area contributed by atoms with E-state index >= 15 is 0 Å². The number of aromatic hydroxyl groups is 1. The van der Waals surface area contributed by atoms with Crippen molar-refractivity contribution >= 4 is 12.2 Å². The number of nitrogens with zero attached hydrogens (tertiary/aromatic N) is 2. The van der Waals surface area contributed by atoms with E-state index in [1.54, 1.807) is 24.3 Å². The highest BCUT2D eigenvalue weighted by molar-refractivity contribution is 5.68. The van der Waals surface area contributed by atoms with Crippen molar-refractivity contribution in [2.24, 2.45) is 5.92 Å². The zero-order valence-corrected chi connectivity index (χ0v) is 13.9. The lowest BCUT2D eigenvalue weighted by Gasteiger charge is -2.31. The van der Waals surface area contributed by atoms with Gasteiger partial charge in [0.05, 0.1) is 6.61 Å². The Labute approximate surface area is 145 Å². The Morgan fingerprint density at radius 2 is 2.20 bits per heavy atom. The number of anilines is 1. The summed E-state index contributed by atoms with van der Waals surface area (Å²) in [5, 5.41) is 20.6. The van der Waals surface area contributed by atoms with Crippen LogP contribution in [0.4, 0.5) is 5.82 Å². The van der Waals surface area contributed by atoms with Crippen LogP contribution in [-0.4, -0.2) is 34.9 Å². The standard InChI is InChI=1S/C18H20N4O3/c1-11-12(8-20-10-23)6-13(11)9-25-17-7-15(21-22-18(17)19)14-4-2-3-5-16(14)24/h2-5,7,10,13,24H,6,8-9H2,1H3,(H2,19,22)(H,20,23). The Bertz CT molecular complexity index is 820. The minimum atomic E-state index is 0.123. The van der Waals surface area contributed by atoms with Gasteiger partial charge in [-0.25, -0.2) is 0 Å². The highest BCUT2D eigenvalue weighted by Gasteiger charge is 2.26. The minimum absolute atomic E-state index is 0.123. The summed E-state index contributed by atoms with van der Waals surface area (Å²) in [4.78, 5) is 10.4. The molecule has 7 heteroatoms. The van der Waals surface area contributed by atoms with Crippen molar-refractivity contribution in [1.82, 2.24) is 15.5 Å². The topological polar surface area (TPSA) is 110 Å². The monoisotopic (exact) mass is 340 g/mol. The van der Waals surface area contributed by atoms with Gasteiger partial charge < -0.3 is 20.9 Å². The molecule has 0 saturated heterocycles. The van der Waals surface area contributed by atoms with Crippen LogP contribution < -0.4 is 15.8 Å². The van der Waals surface area contributed by atoms with E-state index in [2.05, 4.69) is 15.5 Å². The van der Waals surface area contributed by atoms with Crippen LogP contribution in [0.25, 0.3) is 11.3 Å². The SMILES string of the molecule is CC1=C(CNC=O)CC1COc1cc(-c2ccccc2O)nnc1N. The van der Waals surface area contributed by atoms with E-state index in [-0.39, 0.29) is 11.6 Å². The smallest absolute Gasteiger partial charge is 0.207 e. The number of phenols is 1. The fraction of sp³-hybridized carbons (Fsp3) is 0.278. The second kappa shape index (κ2) is 7.21. The maximum absolute atomic E-state index is 10.4. The average Bonchev–Trinajstić information content (AvgIpc) is 2.62. The lowest BCUT2D eigenvalue weighted by molar-refractivity contribution is -0.109. The van der Waals surface area contributed by atoms with E-state index in [4.69, 9.17) is 10.5 Å². The van der Waals surface area contributed by atoms with E-state index < -0.39 is 0 Å². The Kier molecular flexibility index (Phi) is 4.83. The van der Waals surface area contributed by atoms with Crippen molar-refractivity contribution in [3.05, 3.63) is 41.5 Å². The summed E-state index contributed by atoms with van der Waals surface area (Å²) < 4.78 is 5.83. The number of hydrogen-bond acceptors (Lipinski definition) is 6. The van der Waals surface area contributed by atoms with E-state index in [9.17, 15) is 9.90 Å². The molecule has 1 amide bonds. The third-order valence-corrected chi connectivity index (χ3v) is 4.47. The molecule has 7 nitrogen and oxygen atoms in total. The van der Waals surface area contributed by atoms with Gasteiger partial charge in [-0.3, -0.25) is 4.79 Å². The summed E-state index contributed by atoms with van der Waals surface area (Å²) in [6.45, 7) is 3.11. The van der Waals surface area contributed by atoms with Crippen LogP contribution in [0, 0.1) is 5.92 Å². The van der Waals surface area contributed by atoms with E-state index in [0.29, 0.717) is 42.5 Å². The molecule has 25 heavy (non-hydrogen) atoms. The molecule has 1 unspecified atom stereocenters. The Morgan fingerprint density at radius 3 is 2.92 bits per heavy atom. The predicted octanol–water partition coefficient (Wildman–Crippen LogP) is 1.89. The number of ether oxygens (including phenoxy) is 1. The number of nitrogens with two attached hydrogens (primary N) is 1. The molecular weight excluding hydrogens is 320 g/mol. The van der Waals surface area contributed by atoms with Crippen LogP contribution in [0.15, 0.2) is 41.5 Å². The largest absolute Gasteiger partial charge is 0.507 e. The average molecular weight is 340 g/mol. The number of para-hydroxylation sites is 1. The molecule has 0 bridgehead atoms. The maximum Gasteiger partial charge on any atom is 0.207 e. The second-order valence-corrected chi connectivity index (χ2v) is 5.99. The molecule has 2 aromatic rings. The van der Waals surface area contributed by atoms with Gasteiger partial charge in [-0.05, 0) is 25.5 Å². The second-order valence-electron chi connectivity index (χ2n) is 5.99. The van der Waals surface area contributed by atoms with Crippen molar-refractivity contribution in [3.63, 3.8) is 0 Å². The molecule has 0 saturated carbocycles. The Hall–Kier alpha value is -3.09. The fourth-order valence-electron chi connectivity index (χ4n) is 2.84. The zero-order chi connectivity index (χ0) is 17.8. The lowest BCUT2D eigenvalue weighted by Crippen LogP contribution is -2.29. The van der Waals surface area contributed by atoms with Crippen molar-refractivity contribution in [3.8, 4) is 22.8 Å². The van der Waals surface area contributed by atoms with Gasteiger partial charge in [-0.1, -0.05) is 23.3 Å². The number of hydrogen-bond donors (Lipinski definition) is 3. The van der Waals surface area contributed by atoms with Crippen molar-refractivity contribution < 1.29 is 14.6 Å². The predicted molar refractivity (Wildman–Crippen MR) is 93.9 cm³/mol. The molecule has 4 N–H and O–H groups in total. The van der Waals surface area contributed by atoms with Gasteiger partial charge in [0.15, 0.2) is 11.6 Å². The normalized spacial score (nSPS) is 16.3. The van der Waals surface area contributed by atoms with E-state index in [0.717, 1.165) is 6.42 Å².